The van der Waals surface area contributed by atoms with Crippen molar-refractivity contribution in [3.8, 4) is 11.3 Å². The maximum Gasteiger partial charge on any atom is 0.248 e. The predicted molar refractivity (Wildman–Crippen MR) is 97.4 cm³/mol. The second-order valence-corrected chi connectivity index (χ2v) is 7.29. The molecule has 0 atom stereocenters. The van der Waals surface area contributed by atoms with Crippen molar-refractivity contribution in [3.05, 3.63) is 42.4 Å². The number of hydrogen-bond acceptors (Lipinski definition) is 4. The fourth-order valence-electron chi connectivity index (χ4n) is 3.61. The van der Waals surface area contributed by atoms with E-state index in [1.54, 1.807) is 10.9 Å². The molecule has 5 nitrogen and oxygen atoms in total. The number of halogens is 2. The van der Waals surface area contributed by atoms with E-state index in [0.717, 1.165) is 22.0 Å². The summed E-state index contributed by atoms with van der Waals surface area (Å²) in [6, 6.07) is 7.81. The Hall–Kier alpha value is -2.70. The summed E-state index contributed by atoms with van der Waals surface area (Å²) >= 11 is 0. The Balaban J connectivity index is 1.53. The predicted octanol–water partition coefficient (Wildman–Crippen LogP) is 3.97. The molecular weight excluding hydrogens is 350 g/mol. The lowest BCUT2D eigenvalue weighted by Crippen LogP contribution is -2.29. The topological polar surface area (TPSA) is 60.7 Å². The zero-order valence-corrected chi connectivity index (χ0v) is 15.0. The zero-order valence-electron chi connectivity index (χ0n) is 15.0. The Labute approximate surface area is 155 Å². The van der Waals surface area contributed by atoms with Crippen molar-refractivity contribution in [2.45, 2.75) is 38.0 Å². The Morgan fingerprint density at radius 1 is 1.22 bits per heavy atom. The molecular formula is C20H20F2N4O. The molecule has 0 unspecified atom stereocenters. The van der Waals surface area contributed by atoms with E-state index in [1.807, 2.05) is 37.5 Å². The smallest absolute Gasteiger partial charge is 0.248 e. The lowest BCUT2D eigenvalue weighted by Gasteiger charge is -2.27. The molecule has 0 spiro atoms. The molecule has 2 aromatic heterocycles. The molecule has 0 saturated heterocycles. The van der Waals surface area contributed by atoms with Gasteiger partial charge in [-0.05, 0) is 30.4 Å². The molecule has 0 N–H and O–H groups in total. The largest absolute Gasteiger partial charge is 0.299 e. The molecule has 1 aliphatic rings. The Kier molecular flexibility index (Phi) is 4.45. The van der Waals surface area contributed by atoms with Gasteiger partial charge >= 0.3 is 0 Å². The number of rotatable bonds is 4. The van der Waals surface area contributed by atoms with Gasteiger partial charge in [0.15, 0.2) is 0 Å². The number of Topliss-reactive ketones (excluding diaryl/α,β-unsaturated/α-hetero) is 1. The first kappa shape index (κ1) is 17.7. The minimum atomic E-state index is -2.62. The number of aromatic nitrogens is 4. The number of nitrogens with zero attached hydrogens (tertiary/aromatic N) is 4. The molecule has 2 heterocycles. The molecule has 1 saturated carbocycles. The standard InChI is InChI=1S/C20H20F2N4O/c1-26-12-18(24-25-26)14-2-3-15-11-23-17(9-16(15)8-14)10-19(27)13-4-6-20(21,22)7-5-13/h2-3,8-9,11-13H,4-7,10H2,1H3. The highest BCUT2D eigenvalue weighted by molar-refractivity contribution is 5.88. The average Bonchev–Trinajstić information content (AvgIpc) is 3.07. The minimum absolute atomic E-state index is 0.00225. The van der Waals surface area contributed by atoms with Crippen LogP contribution in [0.5, 0.6) is 0 Å². The third-order valence-electron chi connectivity index (χ3n) is 5.20. The van der Waals surface area contributed by atoms with E-state index < -0.39 is 5.92 Å². The van der Waals surface area contributed by atoms with Crippen LogP contribution in [0.4, 0.5) is 8.78 Å². The molecule has 0 amide bonds. The van der Waals surface area contributed by atoms with Crippen LogP contribution in [-0.4, -0.2) is 31.7 Å². The molecule has 0 bridgehead atoms. The number of alkyl halides is 2. The second kappa shape index (κ2) is 6.79. The van der Waals surface area contributed by atoms with Gasteiger partial charge in [0.05, 0.1) is 6.20 Å². The number of ketones is 1. The molecule has 0 aliphatic heterocycles. The summed E-state index contributed by atoms with van der Waals surface area (Å²) < 4.78 is 28.2. The van der Waals surface area contributed by atoms with E-state index in [9.17, 15) is 13.6 Å². The van der Waals surface area contributed by atoms with Crippen LogP contribution >= 0.6 is 0 Å². The van der Waals surface area contributed by atoms with Crippen LogP contribution in [0.1, 0.15) is 31.4 Å². The Bertz CT molecular complexity index is 989. The quantitative estimate of drug-likeness (QED) is 0.697. The normalized spacial score (nSPS) is 17.3. The summed E-state index contributed by atoms with van der Waals surface area (Å²) in [5.74, 6) is -2.90. The van der Waals surface area contributed by atoms with E-state index >= 15 is 0 Å². The summed E-state index contributed by atoms with van der Waals surface area (Å²) in [6.45, 7) is 0. The lowest BCUT2D eigenvalue weighted by atomic mass is 9.83. The van der Waals surface area contributed by atoms with Gasteiger partial charge in [-0.3, -0.25) is 14.5 Å². The van der Waals surface area contributed by atoms with Crippen molar-refractivity contribution in [2.75, 3.05) is 0 Å². The molecule has 4 rings (SSSR count). The summed E-state index contributed by atoms with van der Waals surface area (Å²) in [7, 11) is 1.81. The average molecular weight is 370 g/mol. The SMILES string of the molecule is Cn1cc(-c2ccc3cnc(CC(=O)C4CCC(F)(F)CC4)cc3c2)nn1. The molecule has 27 heavy (non-hydrogen) atoms. The molecule has 7 heteroatoms. The van der Waals surface area contributed by atoms with E-state index in [-0.39, 0.29) is 43.8 Å². The zero-order chi connectivity index (χ0) is 19.0. The molecule has 1 fully saturated rings. The van der Waals surface area contributed by atoms with Crippen molar-refractivity contribution in [3.63, 3.8) is 0 Å². The van der Waals surface area contributed by atoms with Crippen molar-refractivity contribution in [1.29, 1.82) is 0 Å². The molecule has 0 radical (unpaired) electrons. The van der Waals surface area contributed by atoms with Crippen molar-refractivity contribution >= 4 is 16.6 Å². The van der Waals surface area contributed by atoms with E-state index in [4.69, 9.17) is 0 Å². The van der Waals surface area contributed by atoms with Crippen LogP contribution < -0.4 is 0 Å². The van der Waals surface area contributed by atoms with Crippen LogP contribution in [0, 0.1) is 5.92 Å². The second-order valence-electron chi connectivity index (χ2n) is 7.29. The number of carbonyl (C=O) groups is 1. The number of fused-ring (bicyclic) bond motifs is 1. The van der Waals surface area contributed by atoms with Gasteiger partial charge in [-0.15, -0.1) is 5.10 Å². The maximum absolute atomic E-state index is 13.3. The van der Waals surface area contributed by atoms with Crippen molar-refractivity contribution < 1.29 is 13.6 Å². The van der Waals surface area contributed by atoms with E-state index in [0.29, 0.717) is 5.69 Å². The van der Waals surface area contributed by atoms with Gasteiger partial charge in [-0.2, -0.15) is 0 Å². The summed E-state index contributed by atoms with van der Waals surface area (Å²) in [6.07, 6.45) is 3.89. The molecule has 140 valence electrons. The first-order chi connectivity index (χ1) is 12.9. The Morgan fingerprint density at radius 2 is 2.00 bits per heavy atom. The summed E-state index contributed by atoms with van der Waals surface area (Å²) in [4.78, 5) is 16.9. The van der Waals surface area contributed by atoms with Crippen LogP contribution in [0.2, 0.25) is 0 Å². The highest BCUT2D eigenvalue weighted by Gasteiger charge is 2.37. The van der Waals surface area contributed by atoms with Gasteiger partial charge in [0.2, 0.25) is 5.92 Å². The van der Waals surface area contributed by atoms with Gasteiger partial charge in [0.1, 0.15) is 11.5 Å². The van der Waals surface area contributed by atoms with Gasteiger partial charge in [-0.1, -0.05) is 17.3 Å². The van der Waals surface area contributed by atoms with Crippen LogP contribution in [0.3, 0.4) is 0 Å². The molecule has 1 aliphatic carbocycles. The van der Waals surface area contributed by atoms with Crippen LogP contribution in [0.15, 0.2) is 36.7 Å². The minimum Gasteiger partial charge on any atom is -0.299 e. The van der Waals surface area contributed by atoms with E-state index in [2.05, 4.69) is 15.3 Å². The fraction of sp³-hybridized carbons (Fsp3) is 0.400. The van der Waals surface area contributed by atoms with Gasteiger partial charge in [-0.25, -0.2) is 8.78 Å². The number of benzene rings is 1. The highest BCUT2D eigenvalue weighted by Crippen LogP contribution is 2.36. The highest BCUT2D eigenvalue weighted by atomic mass is 19.3. The number of pyridine rings is 1. The third-order valence-corrected chi connectivity index (χ3v) is 5.20. The van der Waals surface area contributed by atoms with Crippen molar-refractivity contribution in [2.24, 2.45) is 13.0 Å². The van der Waals surface area contributed by atoms with E-state index in [1.165, 1.54) is 0 Å². The van der Waals surface area contributed by atoms with Gasteiger partial charge in [0.25, 0.3) is 0 Å². The first-order valence-electron chi connectivity index (χ1n) is 9.06. The lowest BCUT2D eigenvalue weighted by molar-refractivity contribution is -0.126. The first-order valence-corrected chi connectivity index (χ1v) is 9.06. The maximum atomic E-state index is 13.3. The third kappa shape index (κ3) is 3.86. The molecule has 3 aromatic rings. The fourth-order valence-corrected chi connectivity index (χ4v) is 3.61. The number of carbonyl (C=O) groups excluding carboxylic acids is 1. The Morgan fingerprint density at radius 3 is 2.70 bits per heavy atom. The summed E-state index contributed by atoms with van der Waals surface area (Å²) in [5.41, 5.74) is 2.38. The molecule has 1 aromatic carbocycles. The summed E-state index contributed by atoms with van der Waals surface area (Å²) in [5, 5.41) is 10.00. The van der Waals surface area contributed by atoms with Crippen molar-refractivity contribution in [1.82, 2.24) is 20.0 Å². The van der Waals surface area contributed by atoms with Crippen LogP contribution in [0.25, 0.3) is 22.0 Å². The number of hydrogen-bond donors (Lipinski definition) is 0. The van der Waals surface area contributed by atoms with Gasteiger partial charge < -0.3 is 0 Å². The van der Waals surface area contributed by atoms with Gasteiger partial charge in [0, 0.05) is 55.1 Å². The number of aryl methyl sites for hydroxylation is 1. The monoisotopic (exact) mass is 370 g/mol. The van der Waals surface area contributed by atoms with Crippen LogP contribution in [-0.2, 0) is 18.3 Å².